The Hall–Kier alpha value is -0.780. The van der Waals surface area contributed by atoms with Crippen LogP contribution in [0.25, 0.3) is 0 Å². The van der Waals surface area contributed by atoms with Crippen LogP contribution in [-0.2, 0) is 0 Å². The molecular weight excluding hydrogens is 120 g/mol. The van der Waals surface area contributed by atoms with Crippen molar-refractivity contribution < 1.29 is 0 Å². The molecule has 0 aromatic carbocycles. The predicted octanol–water partition coefficient (Wildman–Crippen LogP) is 3.08. The van der Waals surface area contributed by atoms with E-state index in [0.717, 1.165) is 6.42 Å². The fraction of sp³-hybridized carbons (Fsp3) is 0.400. The van der Waals surface area contributed by atoms with Crippen LogP contribution in [-0.4, -0.2) is 0 Å². The van der Waals surface area contributed by atoms with Gasteiger partial charge in [-0.05, 0) is 23.5 Å². The Morgan fingerprint density at radius 1 is 1.50 bits per heavy atom. The minimum atomic E-state index is 0.623. The molecule has 0 fully saturated rings. The van der Waals surface area contributed by atoms with Gasteiger partial charge in [0, 0.05) is 0 Å². The summed E-state index contributed by atoms with van der Waals surface area (Å²) in [6, 6.07) is 0. The third-order valence-electron chi connectivity index (χ3n) is 1.81. The van der Waals surface area contributed by atoms with Crippen molar-refractivity contribution in [1.29, 1.82) is 0 Å². The number of allylic oxidation sites excluding steroid dienone is 5. The van der Waals surface area contributed by atoms with Gasteiger partial charge in [-0.25, -0.2) is 0 Å². The molecule has 1 aliphatic rings. The van der Waals surface area contributed by atoms with E-state index in [9.17, 15) is 0 Å². The number of rotatable bonds is 1. The van der Waals surface area contributed by atoms with Crippen molar-refractivity contribution in [3.8, 4) is 0 Å². The molecule has 0 bridgehead atoms. The van der Waals surface area contributed by atoms with E-state index in [0.29, 0.717) is 5.92 Å². The minimum absolute atomic E-state index is 0.623. The van der Waals surface area contributed by atoms with E-state index in [-0.39, 0.29) is 0 Å². The molecule has 0 spiro atoms. The number of hydrogen-bond acceptors (Lipinski definition) is 0. The van der Waals surface area contributed by atoms with Crippen LogP contribution < -0.4 is 0 Å². The van der Waals surface area contributed by atoms with Gasteiger partial charge in [0.05, 0.1) is 0 Å². The molecule has 0 heterocycles. The molecule has 0 saturated heterocycles. The van der Waals surface area contributed by atoms with Crippen molar-refractivity contribution in [2.75, 3.05) is 0 Å². The van der Waals surface area contributed by atoms with Gasteiger partial charge in [0.15, 0.2) is 0 Å². The Balaban J connectivity index is 2.80. The van der Waals surface area contributed by atoms with Gasteiger partial charge in [0.1, 0.15) is 0 Å². The van der Waals surface area contributed by atoms with Gasteiger partial charge in [-0.15, -0.1) is 0 Å². The molecule has 0 atom stereocenters. The van der Waals surface area contributed by atoms with Gasteiger partial charge < -0.3 is 0 Å². The molecule has 0 saturated carbocycles. The Kier molecular flexibility index (Phi) is 2.10. The third-order valence-corrected chi connectivity index (χ3v) is 1.81. The molecule has 0 radical (unpaired) electrons. The maximum absolute atomic E-state index is 4.00. The second-order valence-electron chi connectivity index (χ2n) is 3.01. The molecule has 0 aromatic rings. The molecule has 0 amide bonds. The Morgan fingerprint density at radius 2 is 2.20 bits per heavy atom. The number of hydrogen-bond donors (Lipinski definition) is 0. The standard InChI is InChI=1S/C10H14/c1-8(2)10-7-5-4-6-9(10)3/h4-5,7-8H,3,6H2,1-2H3. The topological polar surface area (TPSA) is 0 Å². The van der Waals surface area contributed by atoms with E-state index in [1.165, 1.54) is 11.1 Å². The SMILES string of the molecule is C=C1CC=CC=C1C(C)C. The summed E-state index contributed by atoms with van der Waals surface area (Å²) in [5.41, 5.74) is 2.68. The van der Waals surface area contributed by atoms with Crippen LogP contribution in [0.1, 0.15) is 20.3 Å². The zero-order valence-corrected chi connectivity index (χ0v) is 6.72. The monoisotopic (exact) mass is 134 g/mol. The molecule has 1 aliphatic carbocycles. The van der Waals surface area contributed by atoms with Crippen molar-refractivity contribution in [2.45, 2.75) is 20.3 Å². The summed E-state index contributed by atoms with van der Waals surface area (Å²) >= 11 is 0. The summed E-state index contributed by atoms with van der Waals surface area (Å²) in [6.07, 6.45) is 7.46. The maximum atomic E-state index is 4.00. The molecular formula is C10H14. The van der Waals surface area contributed by atoms with Gasteiger partial charge >= 0.3 is 0 Å². The first kappa shape index (κ1) is 7.33. The van der Waals surface area contributed by atoms with Crippen molar-refractivity contribution in [3.63, 3.8) is 0 Å². The van der Waals surface area contributed by atoms with Crippen LogP contribution in [0.2, 0.25) is 0 Å². The van der Waals surface area contributed by atoms with E-state index in [2.05, 4.69) is 38.7 Å². The highest BCUT2D eigenvalue weighted by Gasteiger charge is 2.07. The zero-order valence-electron chi connectivity index (χ0n) is 6.72. The molecule has 0 aromatic heterocycles. The van der Waals surface area contributed by atoms with Gasteiger partial charge in [-0.3, -0.25) is 0 Å². The largest absolute Gasteiger partial charge is 0.0952 e. The van der Waals surface area contributed by atoms with E-state index < -0.39 is 0 Å². The van der Waals surface area contributed by atoms with Gasteiger partial charge in [0.2, 0.25) is 0 Å². The first-order chi connectivity index (χ1) is 4.72. The van der Waals surface area contributed by atoms with E-state index >= 15 is 0 Å². The van der Waals surface area contributed by atoms with E-state index in [1.54, 1.807) is 0 Å². The van der Waals surface area contributed by atoms with Crippen LogP contribution in [0, 0.1) is 5.92 Å². The first-order valence-corrected chi connectivity index (χ1v) is 3.76. The molecule has 0 heteroatoms. The summed E-state index contributed by atoms with van der Waals surface area (Å²) in [7, 11) is 0. The van der Waals surface area contributed by atoms with Crippen molar-refractivity contribution in [1.82, 2.24) is 0 Å². The fourth-order valence-corrected chi connectivity index (χ4v) is 1.22. The summed E-state index contributed by atoms with van der Waals surface area (Å²) in [6.45, 7) is 8.41. The molecule has 54 valence electrons. The minimum Gasteiger partial charge on any atom is -0.0952 e. The Bertz CT molecular complexity index is 192. The lowest BCUT2D eigenvalue weighted by atomic mass is 9.91. The maximum Gasteiger partial charge on any atom is -0.00974 e. The highest BCUT2D eigenvalue weighted by atomic mass is 14.1. The molecule has 0 unspecified atom stereocenters. The first-order valence-electron chi connectivity index (χ1n) is 3.76. The molecule has 0 N–H and O–H groups in total. The zero-order chi connectivity index (χ0) is 7.56. The highest BCUT2D eigenvalue weighted by Crippen LogP contribution is 2.23. The van der Waals surface area contributed by atoms with Gasteiger partial charge in [-0.2, -0.15) is 0 Å². The fourth-order valence-electron chi connectivity index (χ4n) is 1.22. The normalized spacial score (nSPS) is 17.9. The van der Waals surface area contributed by atoms with Crippen LogP contribution in [0.5, 0.6) is 0 Å². The molecule has 0 nitrogen and oxygen atoms in total. The highest BCUT2D eigenvalue weighted by molar-refractivity contribution is 5.38. The summed E-state index contributed by atoms with van der Waals surface area (Å²) in [5, 5.41) is 0. The Morgan fingerprint density at radius 3 is 2.60 bits per heavy atom. The van der Waals surface area contributed by atoms with Crippen molar-refractivity contribution >= 4 is 0 Å². The third kappa shape index (κ3) is 1.38. The second-order valence-corrected chi connectivity index (χ2v) is 3.01. The van der Waals surface area contributed by atoms with E-state index in [4.69, 9.17) is 0 Å². The summed E-state index contributed by atoms with van der Waals surface area (Å²) in [5.74, 6) is 0.623. The summed E-state index contributed by atoms with van der Waals surface area (Å²) in [4.78, 5) is 0. The lowest BCUT2D eigenvalue weighted by molar-refractivity contribution is 0.770. The smallest absolute Gasteiger partial charge is 0.00974 e. The van der Waals surface area contributed by atoms with Gasteiger partial charge in [0.25, 0.3) is 0 Å². The summed E-state index contributed by atoms with van der Waals surface area (Å²) < 4.78 is 0. The van der Waals surface area contributed by atoms with Crippen molar-refractivity contribution in [3.05, 3.63) is 36.0 Å². The van der Waals surface area contributed by atoms with Gasteiger partial charge in [-0.1, -0.05) is 38.7 Å². The van der Waals surface area contributed by atoms with Crippen molar-refractivity contribution in [2.24, 2.45) is 5.92 Å². The Labute approximate surface area is 62.9 Å². The van der Waals surface area contributed by atoms with Crippen LogP contribution in [0.3, 0.4) is 0 Å². The molecule has 0 aliphatic heterocycles. The van der Waals surface area contributed by atoms with E-state index in [1.807, 2.05) is 0 Å². The lowest BCUT2D eigenvalue weighted by Crippen LogP contribution is -1.98. The van der Waals surface area contributed by atoms with Crippen LogP contribution in [0.15, 0.2) is 36.0 Å². The quantitative estimate of drug-likeness (QED) is 0.517. The molecule has 1 rings (SSSR count). The predicted molar refractivity (Wildman–Crippen MR) is 45.8 cm³/mol. The van der Waals surface area contributed by atoms with Crippen LogP contribution >= 0.6 is 0 Å². The average molecular weight is 134 g/mol. The second kappa shape index (κ2) is 2.87. The molecule has 10 heavy (non-hydrogen) atoms. The van der Waals surface area contributed by atoms with Crippen LogP contribution in [0.4, 0.5) is 0 Å². The average Bonchev–Trinajstić information content (AvgIpc) is 1.88. The lowest BCUT2D eigenvalue weighted by Gasteiger charge is -2.14.